The van der Waals surface area contributed by atoms with Crippen LogP contribution >= 0.6 is 0 Å². The highest BCUT2D eigenvalue weighted by molar-refractivity contribution is 5.73. The van der Waals surface area contributed by atoms with E-state index in [1.54, 1.807) is 0 Å². The molecule has 1 heterocycles. The van der Waals surface area contributed by atoms with Crippen molar-refractivity contribution in [1.82, 2.24) is 4.90 Å². The van der Waals surface area contributed by atoms with Gasteiger partial charge in [-0.2, -0.15) is 0 Å². The molecule has 88 valence electrons. The molecule has 1 aliphatic rings. The average molecular weight is 215 g/mol. The molecular weight excluding hydrogens is 194 g/mol. The van der Waals surface area contributed by atoms with Gasteiger partial charge in [0, 0.05) is 13.2 Å². The summed E-state index contributed by atoms with van der Waals surface area (Å²) < 4.78 is 5.38. The summed E-state index contributed by atoms with van der Waals surface area (Å²) in [5.74, 6) is -0.228. The zero-order valence-electron chi connectivity index (χ0n) is 9.61. The van der Waals surface area contributed by atoms with Crippen LogP contribution in [0.1, 0.15) is 26.2 Å². The van der Waals surface area contributed by atoms with Gasteiger partial charge in [-0.05, 0) is 32.2 Å². The van der Waals surface area contributed by atoms with E-state index in [0.29, 0.717) is 12.3 Å². The van der Waals surface area contributed by atoms with Crippen molar-refractivity contribution in [2.24, 2.45) is 5.92 Å². The molecule has 1 saturated heterocycles. The fraction of sp³-hybridized carbons (Fsp3) is 0.909. The minimum Gasteiger partial charge on any atom is -0.480 e. The predicted octanol–water partition coefficient (Wildman–Crippen LogP) is 1.21. The van der Waals surface area contributed by atoms with E-state index >= 15 is 0 Å². The molecule has 4 nitrogen and oxygen atoms in total. The number of nitrogens with zero attached hydrogens (tertiary/aromatic N) is 1. The highest BCUT2D eigenvalue weighted by Gasteiger charge is 2.24. The van der Waals surface area contributed by atoms with Crippen molar-refractivity contribution in [1.29, 1.82) is 0 Å². The zero-order chi connectivity index (χ0) is 11.3. The number of carboxylic acid groups (broad SMARTS) is 1. The Morgan fingerprint density at radius 3 is 2.87 bits per heavy atom. The van der Waals surface area contributed by atoms with Crippen molar-refractivity contribution >= 4 is 5.97 Å². The minimum absolute atomic E-state index is 0.355. The van der Waals surface area contributed by atoms with Crippen LogP contribution < -0.4 is 0 Å². The average Bonchev–Trinajstić information content (AvgIpc) is 2.19. The van der Waals surface area contributed by atoms with Gasteiger partial charge >= 0.3 is 5.97 Å². The first-order valence-corrected chi connectivity index (χ1v) is 5.66. The lowest BCUT2D eigenvalue weighted by Gasteiger charge is -2.30. The molecule has 0 saturated carbocycles. The molecule has 0 bridgehead atoms. The van der Waals surface area contributed by atoms with Gasteiger partial charge in [0.15, 0.2) is 0 Å². The number of likely N-dealkylation sites (N-methyl/N-ethyl adjacent to an activating group) is 1. The lowest BCUT2D eigenvalue weighted by atomic mass is 10.0. The Morgan fingerprint density at radius 1 is 1.67 bits per heavy atom. The van der Waals surface area contributed by atoms with E-state index in [9.17, 15) is 4.79 Å². The third-order valence-electron chi connectivity index (χ3n) is 3.00. The standard InChI is InChI=1S/C11H21NO3/c1-3-10(11(13)14)12(2)7-9-5-4-6-15-8-9/h9-10H,3-8H2,1-2H3,(H,13,14). The van der Waals surface area contributed by atoms with Crippen LogP contribution in [-0.4, -0.2) is 48.8 Å². The fourth-order valence-electron chi connectivity index (χ4n) is 2.16. The zero-order valence-corrected chi connectivity index (χ0v) is 9.61. The molecular formula is C11H21NO3. The van der Waals surface area contributed by atoms with Crippen LogP contribution in [0.2, 0.25) is 0 Å². The van der Waals surface area contributed by atoms with Gasteiger partial charge in [0.05, 0.1) is 6.61 Å². The maximum atomic E-state index is 10.9. The van der Waals surface area contributed by atoms with Gasteiger partial charge in [-0.25, -0.2) is 0 Å². The van der Waals surface area contributed by atoms with Gasteiger partial charge in [-0.3, -0.25) is 9.69 Å². The highest BCUT2D eigenvalue weighted by atomic mass is 16.5. The third-order valence-corrected chi connectivity index (χ3v) is 3.00. The highest BCUT2D eigenvalue weighted by Crippen LogP contribution is 2.16. The molecule has 2 unspecified atom stereocenters. The molecule has 0 aromatic rings. The van der Waals surface area contributed by atoms with Crippen LogP contribution in [0.3, 0.4) is 0 Å². The molecule has 0 aliphatic carbocycles. The first kappa shape index (κ1) is 12.5. The van der Waals surface area contributed by atoms with Crippen molar-refractivity contribution in [2.75, 3.05) is 26.8 Å². The summed E-state index contributed by atoms with van der Waals surface area (Å²) in [4.78, 5) is 12.9. The molecule has 0 aromatic heterocycles. The summed E-state index contributed by atoms with van der Waals surface area (Å²) in [5.41, 5.74) is 0. The van der Waals surface area contributed by atoms with Crippen LogP contribution in [0.4, 0.5) is 0 Å². The van der Waals surface area contributed by atoms with Gasteiger partial charge in [0.1, 0.15) is 6.04 Å². The molecule has 4 heteroatoms. The largest absolute Gasteiger partial charge is 0.480 e. The Bertz CT molecular complexity index is 202. The molecule has 0 spiro atoms. The summed E-state index contributed by atoms with van der Waals surface area (Å²) in [6, 6.07) is -0.355. The number of carbonyl (C=O) groups is 1. The molecule has 1 aliphatic heterocycles. The maximum absolute atomic E-state index is 10.9. The van der Waals surface area contributed by atoms with E-state index in [0.717, 1.165) is 32.6 Å². The van der Waals surface area contributed by atoms with Crippen molar-refractivity contribution in [2.45, 2.75) is 32.2 Å². The normalized spacial score (nSPS) is 24.1. The van der Waals surface area contributed by atoms with E-state index in [-0.39, 0.29) is 6.04 Å². The van der Waals surface area contributed by atoms with E-state index in [2.05, 4.69) is 0 Å². The maximum Gasteiger partial charge on any atom is 0.320 e. The molecule has 1 N–H and O–H groups in total. The second-order valence-corrected chi connectivity index (χ2v) is 4.29. The van der Waals surface area contributed by atoms with E-state index < -0.39 is 5.97 Å². The van der Waals surface area contributed by atoms with Crippen molar-refractivity contribution in [3.05, 3.63) is 0 Å². The Hall–Kier alpha value is -0.610. The van der Waals surface area contributed by atoms with Crippen molar-refractivity contribution in [3.63, 3.8) is 0 Å². The Kier molecular flexibility index (Phi) is 5.05. The summed E-state index contributed by atoms with van der Waals surface area (Å²) in [6.45, 7) is 4.37. The molecule has 1 rings (SSSR count). The molecule has 0 radical (unpaired) electrons. The van der Waals surface area contributed by atoms with E-state index in [4.69, 9.17) is 9.84 Å². The first-order chi connectivity index (χ1) is 7.15. The number of hydrogen-bond donors (Lipinski definition) is 1. The molecule has 2 atom stereocenters. The van der Waals surface area contributed by atoms with Crippen LogP contribution in [-0.2, 0) is 9.53 Å². The van der Waals surface area contributed by atoms with Gasteiger partial charge in [0.2, 0.25) is 0 Å². The number of rotatable bonds is 5. The van der Waals surface area contributed by atoms with Crippen molar-refractivity contribution in [3.8, 4) is 0 Å². The van der Waals surface area contributed by atoms with Gasteiger partial charge in [-0.15, -0.1) is 0 Å². The van der Waals surface area contributed by atoms with Crippen LogP contribution in [0.15, 0.2) is 0 Å². The lowest BCUT2D eigenvalue weighted by molar-refractivity contribution is -0.143. The van der Waals surface area contributed by atoms with E-state index in [1.807, 2.05) is 18.9 Å². The third kappa shape index (κ3) is 3.80. The summed E-state index contributed by atoms with van der Waals surface area (Å²) in [5, 5.41) is 9.00. The SMILES string of the molecule is CCC(C(=O)O)N(C)CC1CCCOC1. The Labute approximate surface area is 91.2 Å². The Morgan fingerprint density at radius 2 is 2.40 bits per heavy atom. The number of ether oxygens (including phenoxy) is 1. The minimum atomic E-state index is -0.725. The molecule has 15 heavy (non-hydrogen) atoms. The predicted molar refractivity (Wildman–Crippen MR) is 57.9 cm³/mol. The summed E-state index contributed by atoms with van der Waals surface area (Å²) >= 11 is 0. The number of aliphatic carboxylic acids is 1. The van der Waals surface area contributed by atoms with E-state index in [1.165, 1.54) is 0 Å². The van der Waals surface area contributed by atoms with Crippen LogP contribution in [0, 0.1) is 5.92 Å². The second kappa shape index (κ2) is 6.08. The monoisotopic (exact) mass is 215 g/mol. The fourth-order valence-corrected chi connectivity index (χ4v) is 2.16. The second-order valence-electron chi connectivity index (χ2n) is 4.29. The molecule has 1 fully saturated rings. The topological polar surface area (TPSA) is 49.8 Å². The first-order valence-electron chi connectivity index (χ1n) is 5.66. The quantitative estimate of drug-likeness (QED) is 0.749. The molecule has 0 aromatic carbocycles. The number of carboxylic acids is 1. The van der Waals surface area contributed by atoms with Gasteiger partial charge in [0.25, 0.3) is 0 Å². The van der Waals surface area contributed by atoms with Gasteiger partial charge < -0.3 is 9.84 Å². The van der Waals surface area contributed by atoms with Crippen LogP contribution in [0.5, 0.6) is 0 Å². The lowest BCUT2D eigenvalue weighted by Crippen LogP contribution is -2.42. The summed E-state index contributed by atoms with van der Waals surface area (Å²) in [6.07, 6.45) is 2.90. The smallest absolute Gasteiger partial charge is 0.320 e. The van der Waals surface area contributed by atoms with Gasteiger partial charge in [-0.1, -0.05) is 6.92 Å². The van der Waals surface area contributed by atoms with Crippen LogP contribution in [0.25, 0.3) is 0 Å². The summed E-state index contributed by atoms with van der Waals surface area (Å²) in [7, 11) is 1.89. The molecule has 0 amide bonds. The number of hydrogen-bond acceptors (Lipinski definition) is 3. The van der Waals surface area contributed by atoms with Crippen molar-refractivity contribution < 1.29 is 14.6 Å². The Balaban J connectivity index is 2.38.